The Bertz CT molecular complexity index is 852. The van der Waals surface area contributed by atoms with Crippen LogP contribution in [-0.4, -0.2) is 23.2 Å². The molecule has 0 radical (unpaired) electrons. The summed E-state index contributed by atoms with van der Waals surface area (Å²) in [6, 6.07) is 9.38. The van der Waals surface area contributed by atoms with Crippen LogP contribution in [0.15, 0.2) is 34.9 Å². The van der Waals surface area contributed by atoms with Crippen LogP contribution in [-0.2, 0) is 11.2 Å². The third-order valence-electron chi connectivity index (χ3n) is 3.45. The number of anilines is 1. The van der Waals surface area contributed by atoms with E-state index in [4.69, 9.17) is 9.26 Å². The van der Waals surface area contributed by atoms with Crippen molar-refractivity contribution in [2.75, 3.05) is 12.4 Å². The number of methoxy groups -OCH3 is 1. The molecule has 3 aromatic rings. The molecule has 1 aromatic carbocycles. The first-order valence-electron chi connectivity index (χ1n) is 7.39. The molecule has 124 valence electrons. The Labute approximate surface area is 143 Å². The normalized spacial score (nSPS) is 10.6. The Hall–Kier alpha value is -2.67. The molecule has 0 bridgehead atoms. The van der Waals surface area contributed by atoms with Crippen molar-refractivity contribution in [2.45, 2.75) is 20.3 Å². The molecule has 2 heterocycles. The van der Waals surface area contributed by atoms with Gasteiger partial charge < -0.3 is 14.6 Å². The molecular formula is C17H17N3O3S. The number of thiazole rings is 1. The van der Waals surface area contributed by atoms with Gasteiger partial charge in [0.2, 0.25) is 5.91 Å². The van der Waals surface area contributed by atoms with E-state index in [1.54, 1.807) is 20.1 Å². The van der Waals surface area contributed by atoms with Crippen LogP contribution in [0.4, 0.5) is 5.82 Å². The predicted molar refractivity (Wildman–Crippen MR) is 92.4 cm³/mol. The summed E-state index contributed by atoms with van der Waals surface area (Å²) >= 11 is 1.51. The van der Waals surface area contributed by atoms with Crippen molar-refractivity contribution in [3.05, 3.63) is 46.7 Å². The molecule has 0 unspecified atom stereocenters. The topological polar surface area (TPSA) is 77.2 Å². The van der Waals surface area contributed by atoms with Crippen molar-refractivity contribution >= 4 is 23.1 Å². The van der Waals surface area contributed by atoms with E-state index in [-0.39, 0.29) is 12.3 Å². The second-order valence-corrected chi connectivity index (χ2v) is 6.39. The van der Waals surface area contributed by atoms with Gasteiger partial charge in [0.05, 0.1) is 19.2 Å². The summed E-state index contributed by atoms with van der Waals surface area (Å²) in [5.74, 6) is 1.74. The van der Waals surface area contributed by atoms with E-state index in [2.05, 4.69) is 15.5 Å². The lowest BCUT2D eigenvalue weighted by Crippen LogP contribution is -2.14. The van der Waals surface area contributed by atoms with Gasteiger partial charge in [0.25, 0.3) is 0 Å². The van der Waals surface area contributed by atoms with Gasteiger partial charge in [0.1, 0.15) is 16.5 Å². The zero-order chi connectivity index (χ0) is 17.1. The molecule has 0 aliphatic rings. The van der Waals surface area contributed by atoms with Gasteiger partial charge in [-0.05, 0) is 38.1 Å². The number of rotatable bonds is 5. The predicted octanol–water partition coefficient (Wildman–Crippen LogP) is 3.60. The van der Waals surface area contributed by atoms with Crippen LogP contribution in [0.25, 0.3) is 10.6 Å². The minimum atomic E-state index is -0.142. The van der Waals surface area contributed by atoms with Gasteiger partial charge in [-0.15, -0.1) is 11.3 Å². The number of benzene rings is 1. The first-order chi connectivity index (χ1) is 11.5. The lowest BCUT2D eigenvalue weighted by molar-refractivity contribution is -0.115. The Morgan fingerprint density at radius 1 is 1.29 bits per heavy atom. The first kappa shape index (κ1) is 16.2. The molecule has 7 heteroatoms. The van der Waals surface area contributed by atoms with Gasteiger partial charge in [0.15, 0.2) is 5.82 Å². The Balaban J connectivity index is 1.72. The highest BCUT2D eigenvalue weighted by atomic mass is 32.1. The van der Waals surface area contributed by atoms with E-state index in [0.717, 1.165) is 26.9 Å². The van der Waals surface area contributed by atoms with Crippen LogP contribution in [0, 0.1) is 13.8 Å². The maximum atomic E-state index is 12.1. The summed E-state index contributed by atoms with van der Waals surface area (Å²) < 4.78 is 10.1. The van der Waals surface area contributed by atoms with Crippen molar-refractivity contribution in [3.63, 3.8) is 0 Å². The van der Waals surface area contributed by atoms with E-state index in [1.165, 1.54) is 11.3 Å². The number of nitrogens with one attached hydrogen (secondary N) is 1. The van der Waals surface area contributed by atoms with E-state index in [0.29, 0.717) is 11.6 Å². The van der Waals surface area contributed by atoms with E-state index in [9.17, 15) is 4.79 Å². The van der Waals surface area contributed by atoms with E-state index < -0.39 is 0 Å². The van der Waals surface area contributed by atoms with Crippen LogP contribution in [0.1, 0.15) is 16.3 Å². The second kappa shape index (κ2) is 6.84. The molecule has 0 aliphatic heterocycles. The molecule has 0 aliphatic carbocycles. The number of aromatic nitrogens is 2. The number of amides is 1. The fraction of sp³-hybridized carbons (Fsp3) is 0.235. The van der Waals surface area contributed by atoms with Gasteiger partial charge in [-0.1, -0.05) is 5.16 Å². The van der Waals surface area contributed by atoms with Crippen molar-refractivity contribution in [1.82, 2.24) is 10.1 Å². The summed E-state index contributed by atoms with van der Waals surface area (Å²) in [7, 11) is 1.63. The Kier molecular flexibility index (Phi) is 4.61. The minimum Gasteiger partial charge on any atom is -0.497 e. The fourth-order valence-electron chi connectivity index (χ4n) is 2.21. The Morgan fingerprint density at radius 3 is 2.67 bits per heavy atom. The van der Waals surface area contributed by atoms with Crippen LogP contribution < -0.4 is 10.1 Å². The molecule has 24 heavy (non-hydrogen) atoms. The third kappa shape index (κ3) is 3.62. The molecule has 1 N–H and O–H groups in total. The van der Waals surface area contributed by atoms with Crippen LogP contribution in [0.5, 0.6) is 5.75 Å². The minimum absolute atomic E-state index is 0.142. The maximum absolute atomic E-state index is 12.1. The zero-order valence-electron chi connectivity index (χ0n) is 13.6. The maximum Gasteiger partial charge on any atom is 0.230 e. The molecule has 2 aromatic heterocycles. The lowest BCUT2D eigenvalue weighted by atomic mass is 10.2. The smallest absolute Gasteiger partial charge is 0.230 e. The number of carbonyl (C=O) groups is 1. The molecule has 3 rings (SSSR count). The van der Waals surface area contributed by atoms with Crippen molar-refractivity contribution < 1.29 is 14.1 Å². The lowest BCUT2D eigenvalue weighted by Gasteiger charge is -2.00. The fourth-order valence-corrected chi connectivity index (χ4v) is 3.27. The van der Waals surface area contributed by atoms with E-state index >= 15 is 0 Å². The van der Waals surface area contributed by atoms with Crippen molar-refractivity contribution in [3.8, 4) is 16.3 Å². The average Bonchev–Trinajstić information content (AvgIpc) is 3.13. The van der Waals surface area contributed by atoms with Gasteiger partial charge in [-0.3, -0.25) is 4.79 Å². The SMILES string of the molecule is COc1ccc(-c2nc(C)c(CC(=O)Nc3cc(C)on3)s2)cc1. The third-order valence-corrected chi connectivity index (χ3v) is 4.65. The van der Waals surface area contributed by atoms with Crippen molar-refractivity contribution in [2.24, 2.45) is 0 Å². The number of hydrogen-bond donors (Lipinski definition) is 1. The average molecular weight is 343 g/mol. The van der Waals surface area contributed by atoms with Gasteiger partial charge in [-0.25, -0.2) is 4.98 Å². The van der Waals surface area contributed by atoms with Crippen LogP contribution >= 0.6 is 11.3 Å². The highest BCUT2D eigenvalue weighted by Gasteiger charge is 2.14. The monoisotopic (exact) mass is 343 g/mol. The summed E-state index contributed by atoms with van der Waals surface area (Å²) in [6.07, 6.45) is 0.256. The number of nitrogens with zero attached hydrogens (tertiary/aromatic N) is 2. The number of ether oxygens (including phenoxy) is 1. The Morgan fingerprint density at radius 2 is 2.04 bits per heavy atom. The quantitative estimate of drug-likeness (QED) is 0.766. The second-order valence-electron chi connectivity index (χ2n) is 5.30. The molecule has 1 amide bonds. The van der Waals surface area contributed by atoms with Crippen molar-refractivity contribution in [1.29, 1.82) is 0 Å². The molecular weight excluding hydrogens is 326 g/mol. The molecule has 0 fully saturated rings. The van der Waals surface area contributed by atoms with Gasteiger partial charge in [0, 0.05) is 16.5 Å². The first-order valence-corrected chi connectivity index (χ1v) is 8.20. The van der Waals surface area contributed by atoms with Gasteiger partial charge in [-0.2, -0.15) is 0 Å². The highest BCUT2D eigenvalue weighted by molar-refractivity contribution is 7.15. The summed E-state index contributed by atoms with van der Waals surface area (Å²) in [6.45, 7) is 3.68. The molecule has 6 nitrogen and oxygen atoms in total. The standard InChI is InChI=1S/C17H17N3O3S/c1-10-8-15(20-23-10)19-16(21)9-14-11(2)18-17(24-14)12-4-6-13(22-3)7-5-12/h4-8H,9H2,1-3H3,(H,19,20,21). The molecule has 0 saturated carbocycles. The number of aryl methyl sites for hydroxylation is 2. The summed E-state index contributed by atoms with van der Waals surface area (Å²) in [4.78, 5) is 17.6. The molecule has 0 spiro atoms. The largest absolute Gasteiger partial charge is 0.497 e. The van der Waals surface area contributed by atoms with Crippen LogP contribution in [0.2, 0.25) is 0 Å². The summed E-state index contributed by atoms with van der Waals surface area (Å²) in [5, 5.41) is 7.36. The van der Waals surface area contributed by atoms with E-state index in [1.807, 2.05) is 31.2 Å². The summed E-state index contributed by atoms with van der Waals surface area (Å²) in [5.41, 5.74) is 1.86. The number of carbonyl (C=O) groups excluding carboxylic acids is 1. The van der Waals surface area contributed by atoms with Crippen LogP contribution in [0.3, 0.4) is 0 Å². The van der Waals surface area contributed by atoms with Gasteiger partial charge >= 0.3 is 0 Å². The molecule has 0 saturated heterocycles. The number of hydrogen-bond acceptors (Lipinski definition) is 6. The zero-order valence-corrected chi connectivity index (χ0v) is 14.4. The highest BCUT2D eigenvalue weighted by Crippen LogP contribution is 2.29. The molecule has 0 atom stereocenters.